The molecule has 0 radical (unpaired) electrons. The number of rotatable bonds is 12. The number of carbonyl (C=O) groups is 1. The molecule has 186 valence electrons. The van der Waals surface area contributed by atoms with Crippen molar-refractivity contribution in [3.63, 3.8) is 0 Å². The van der Waals surface area contributed by atoms with Gasteiger partial charge >= 0.3 is 5.97 Å². The molecular weight excluding hydrogens is 454 g/mol. The molecule has 3 rings (SSSR count). The Bertz CT molecular complexity index is 1020. The van der Waals surface area contributed by atoms with Gasteiger partial charge < -0.3 is 14.4 Å². The first-order valence-electron chi connectivity index (χ1n) is 12.0. The Labute approximate surface area is 202 Å². The molecule has 1 fully saturated rings. The van der Waals surface area contributed by atoms with E-state index in [0.29, 0.717) is 31.1 Å². The summed E-state index contributed by atoms with van der Waals surface area (Å²) in [5.41, 5.74) is 1.40. The number of ether oxygens (including phenoxy) is 2. The van der Waals surface area contributed by atoms with Crippen LogP contribution in [0.25, 0.3) is 0 Å². The molecule has 1 aliphatic heterocycles. The molecule has 2 aromatic rings. The second-order valence-corrected chi connectivity index (χ2v) is 10.4. The Kier molecular flexibility index (Phi) is 9.56. The van der Waals surface area contributed by atoms with Gasteiger partial charge in [-0.25, -0.2) is 8.42 Å². The van der Waals surface area contributed by atoms with Crippen molar-refractivity contribution in [1.82, 2.24) is 4.98 Å². The number of anilines is 2. The molecule has 0 aliphatic carbocycles. The molecule has 0 spiro atoms. The summed E-state index contributed by atoms with van der Waals surface area (Å²) in [6.45, 7) is 6.13. The van der Waals surface area contributed by atoms with Crippen molar-refractivity contribution >= 4 is 27.4 Å². The molecule has 0 saturated carbocycles. The highest BCUT2D eigenvalue weighted by atomic mass is 32.2. The summed E-state index contributed by atoms with van der Waals surface area (Å²) in [7, 11) is -3.56. The Morgan fingerprint density at radius 2 is 1.85 bits per heavy atom. The number of hydrogen-bond acceptors (Lipinski definition) is 7. The van der Waals surface area contributed by atoms with Crippen LogP contribution in [-0.4, -0.2) is 44.8 Å². The zero-order chi connectivity index (χ0) is 24.4. The van der Waals surface area contributed by atoms with Gasteiger partial charge in [0, 0.05) is 37.6 Å². The van der Waals surface area contributed by atoms with Crippen molar-refractivity contribution in [3.05, 3.63) is 42.7 Å². The molecule has 34 heavy (non-hydrogen) atoms. The lowest BCUT2D eigenvalue weighted by molar-refractivity contribution is -0.134. The summed E-state index contributed by atoms with van der Waals surface area (Å²) in [5.74, 6) is 0.444. The van der Waals surface area contributed by atoms with Crippen LogP contribution in [0.2, 0.25) is 0 Å². The van der Waals surface area contributed by atoms with Crippen LogP contribution in [0.3, 0.4) is 0 Å². The predicted octanol–water partition coefficient (Wildman–Crippen LogP) is 4.62. The van der Waals surface area contributed by atoms with Crippen LogP contribution < -0.4 is 19.1 Å². The summed E-state index contributed by atoms with van der Waals surface area (Å²) >= 11 is 0. The number of piperidine rings is 1. The van der Waals surface area contributed by atoms with Gasteiger partial charge in [-0.1, -0.05) is 26.3 Å². The van der Waals surface area contributed by atoms with Crippen molar-refractivity contribution < 1.29 is 22.7 Å². The van der Waals surface area contributed by atoms with Crippen LogP contribution in [-0.2, 0) is 14.8 Å². The highest BCUT2D eigenvalue weighted by Crippen LogP contribution is 2.37. The second-order valence-electron chi connectivity index (χ2n) is 8.58. The Morgan fingerprint density at radius 1 is 1.12 bits per heavy atom. The number of aromatic nitrogens is 1. The lowest BCUT2D eigenvalue weighted by atomic mass is 9.97. The minimum atomic E-state index is -3.56. The van der Waals surface area contributed by atoms with Crippen LogP contribution in [0.5, 0.6) is 11.5 Å². The number of unbranched alkanes of at least 4 members (excludes halogenated alkanes) is 1. The first kappa shape index (κ1) is 25.8. The van der Waals surface area contributed by atoms with Gasteiger partial charge in [-0.2, -0.15) is 0 Å². The van der Waals surface area contributed by atoms with Crippen LogP contribution in [0.15, 0.2) is 42.7 Å². The molecule has 1 N–H and O–H groups in total. The highest BCUT2D eigenvalue weighted by Gasteiger charge is 2.23. The summed E-state index contributed by atoms with van der Waals surface area (Å²) in [4.78, 5) is 18.7. The summed E-state index contributed by atoms with van der Waals surface area (Å²) in [6, 6.07) is 9.04. The molecule has 8 nitrogen and oxygen atoms in total. The number of benzene rings is 1. The molecule has 9 heteroatoms. The van der Waals surface area contributed by atoms with Crippen molar-refractivity contribution in [2.75, 3.05) is 35.1 Å². The molecule has 1 saturated heterocycles. The van der Waals surface area contributed by atoms with Gasteiger partial charge in [0.2, 0.25) is 10.0 Å². The van der Waals surface area contributed by atoms with E-state index in [1.54, 1.807) is 30.6 Å². The highest BCUT2D eigenvalue weighted by molar-refractivity contribution is 7.92. The molecule has 0 atom stereocenters. The number of esters is 1. The van der Waals surface area contributed by atoms with Gasteiger partial charge in [0.1, 0.15) is 0 Å². The zero-order valence-electron chi connectivity index (χ0n) is 20.0. The third kappa shape index (κ3) is 7.62. The van der Waals surface area contributed by atoms with Gasteiger partial charge in [-0.15, -0.1) is 0 Å². The SMILES string of the molecule is CCCCS(=O)(=O)Nc1cccc(OCC2CCN(c3ccncc3)CC2)c1OC(=O)CCC. The van der Waals surface area contributed by atoms with E-state index in [1.165, 1.54) is 5.69 Å². The average Bonchev–Trinajstić information content (AvgIpc) is 2.84. The number of sulfonamides is 1. The van der Waals surface area contributed by atoms with Crippen LogP contribution in [0, 0.1) is 5.92 Å². The fraction of sp³-hybridized carbons (Fsp3) is 0.520. The van der Waals surface area contributed by atoms with Crippen LogP contribution in [0.4, 0.5) is 11.4 Å². The lowest BCUT2D eigenvalue weighted by Gasteiger charge is -2.33. The third-order valence-electron chi connectivity index (χ3n) is 5.80. The van der Waals surface area contributed by atoms with E-state index in [-0.39, 0.29) is 23.6 Å². The number of nitrogens with zero attached hydrogens (tertiary/aromatic N) is 2. The topological polar surface area (TPSA) is 97.8 Å². The van der Waals surface area contributed by atoms with E-state index in [1.807, 2.05) is 26.0 Å². The van der Waals surface area contributed by atoms with Crippen molar-refractivity contribution in [3.8, 4) is 11.5 Å². The number of hydrogen-bond donors (Lipinski definition) is 1. The number of para-hydroxylation sites is 1. The third-order valence-corrected chi connectivity index (χ3v) is 7.16. The number of nitrogens with one attached hydrogen (secondary N) is 1. The van der Waals surface area contributed by atoms with Gasteiger partial charge in [-0.3, -0.25) is 14.5 Å². The van der Waals surface area contributed by atoms with E-state index in [4.69, 9.17) is 9.47 Å². The molecule has 2 heterocycles. The fourth-order valence-electron chi connectivity index (χ4n) is 3.86. The standard InChI is InChI=1S/C25H35N3O5S/c1-3-5-18-34(30,31)27-22-8-6-9-23(25(22)33-24(29)7-4-2)32-19-20-12-16-28(17-13-20)21-10-14-26-15-11-21/h6,8-11,14-15,20,27H,3-5,7,12-13,16-19H2,1-2H3. The van der Waals surface area contributed by atoms with E-state index < -0.39 is 16.0 Å². The maximum Gasteiger partial charge on any atom is 0.311 e. The van der Waals surface area contributed by atoms with Gasteiger partial charge in [-0.05, 0) is 55.9 Å². The van der Waals surface area contributed by atoms with Crippen LogP contribution in [0.1, 0.15) is 52.4 Å². The summed E-state index contributed by atoms with van der Waals surface area (Å²) < 4.78 is 39.2. The van der Waals surface area contributed by atoms with Crippen LogP contribution >= 0.6 is 0 Å². The molecule has 0 amide bonds. The van der Waals surface area contributed by atoms with E-state index in [9.17, 15) is 13.2 Å². The van der Waals surface area contributed by atoms with Crippen molar-refractivity contribution in [2.45, 2.75) is 52.4 Å². The first-order chi connectivity index (χ1) is 16.4. The van der Waals surface area contributed by atoms with Gasteiger partial charge in [0.25, 0.3) is 0 Å². The fourth-order valence-corrected chi connectivity index (χ4v) is 5.12. The van der Waals surface area contributed by atoms with Gasteiger partial charge in [0.05, 0.1) is 18.0 Å². The number of pyridine rings is 1. The Hall–Kier alpha value is -2.81. The van der Waals surface area contributed by atoms with E-state index >= 15 is 0 Å². The molecular formula is C25H35N3O5S. The summed E-state index contributed by atoms with van der Waals surface area (Å²) in [6.07, 6.45) is 7.73. The largest absolute Gasteiger partial charge is 0.489 e. The minimum Gasteiger partial charge on any atom is -0.489 e. The normalized spacial score (nSPS) is 14.6. The first-order valence-corrected chi connectivity index (χ1v) is 13.7. The zero-order valence-corrected chi connectivity index (χ0v) is 20.9. The smallest absolute Gasteiger partial charge is 0.311 e. The molecule has 1 aromatic heterocycles. The maximum atomic E-state index is 12.5. The minimum absolute atomic E-state index is 0.00693. The second kappa shape index (κ2) is 12.6. The Balaban J connectivity index is 1.68. The summed E-state index contributed by atoms with van der Waals surface area (Å²) in [5, 5.41) is 0. The Morgan fingerprint density at radius 3 is 2.53 bits per heavy atom. The maximum absolute atomic E-state index is 12.5. The van der Waals surface area contributed by atoms with Crippen molar-refractivity contribution in [2.24, 2.45) is 5.92 Å². The molecule has 1 aliphatic rings. The molecule has 0 bridgehead atoms. The molecule has 0 unspecified atom stereocenters. The average molecular weight is 490 g/mol. The predicted molar refractivity (Wildman–Crippen MR) is 134 cm³/mol. The number of carbonyl (C=O) groups excluding carboxylic acids is 1. The van der Waals surface area contributed by atoms with Crippen molar-refractivity contribution in [1.29, 1.82) is 0 Å². The lowest BCUT2D eigenvalue weighted by Crippen LogP contribution is -2.35. The monoisotopic (exact) mass is 489 g/mol. The van der Waals surface area contributed by atoms with Gasteiger partial charge in [0.15, 0.2) is 11.5 Å². The quantitative estimate of drug-likeness (QED) is 0.343. The van der Waals surface area contributed by atoms with E-state index in [0.717, 1.165) is 32.4 Å². The molecule has 1 aromatic carbocycles. The van der Waals surface area contributed by atoms with E-state index in [2.05, 4.69) is 14.6 Å².